The second-order valence-electron chi connectivity index (χ2n) is 9.53. The van der Waals surface area contributed by atoms with Crippen molar-refractivity contribution >= 4 is 34.4 Å². The molecule has 10 heteroatoms. The second kappa shape index (κ2) is 11.7. The number of nitrogens with zero attached hydrogens (tertiary/aromatic N) is 3. The summed E-state index contributed by atoms with van der Waals surface area (Å²) in [6.07, 6.45) is 0.376. The molecule has 1 saturated heterocycles. The lowest BCUT2D eigenvalue weighted by Crippen LogP contribution is -2.41. The highest BCUT2D eigenvalue weighted by molar-refractivity contribution is 7.17. The number of alkyl halides is 2. The lowest BCUT2D eigenvalue weighted by atomic mass is 9.97. The third-order valence-electron chi connectivity index (χ3n) is 6.89. The Bertz CT molecular complexity index is 1370. The predicted molar refractivity (Wildman–Crippen MR) is 148 cm³/mol. The van der Waals surface area contributed by atoms with Gasteiger partial charge in [-0.2, -0.15) is 0 Å². The maximum atomic E-state index is 15.5. The Balaban J connectivity index is 1.40. The summed E-state index contributed by atoms with van der Waals surface area (Å²) in [5, 5.41) is 3.43. The zero-order valence-electron chi connectivity index (χ0n) is 21.7. The highest BCUT2D eigenvalue weighted by atomic mass is 32.1. The summed E-state index contributed by atoms with van der Waals surface area (Å²) in [7, 11) is 0. The number of nitrogens with one attached hydrogen (secondary N) is 1. The first kappa shape index (κ1) is 27.1. The van der Waals surface area contributed by atoms with Gasteiger partial charge in [-0.05, 0) is 13.0 Å². The van der Waals surface area contributed by atoms with Gasteiger partial charge < -0.3 is 15.0 Å². The minimum Gasteiger partial charge on any atom is -0.379 e. The van der Waals surface area contributed by atoms with Gasteiger partial charge >= 0.3 is 0 Å². The molecule has 5 rings (SSSR count). The maximum absolute atomic E-state index is 15.5. The van der Waals surface area contributed by atoms with Crippen LogP contribution in [0, 0.1) is 6.92 Å². The zero-order chi connectivity index (χ0) is 27.4. The second-order valence-corrected chi connectivity index (χ2v) is 10.5. The smallest absolute Gasteiger partial charge is 0.275 e. The number of carbonyl (C=O) groups is 2. The third kappa shape index (κ3) is 6.08. The van der Waals surface area contributed by atoms with E-state index in [-0.39, 0.29) is 23.6 Å². The number of aromatic nitrogens is 1. The molecule has 0 spiro atoms. The molecule has 0 aliphatic carbocycles. The summed E-state index contributed by atoms with van der Waals surface area (Å²) < 4.78 is 36.3. The van der Waals surface area contributed by atoms with E-state index >= 15 is 8.78 Å². The quantitative estimate of drug-likeness (QED) is 0.451. The largest absolute Gasteiger partial charge is 0.379 e. The van der Waals surface area contributed by atoms with Crippen LogP contribution in [0.1, 0.15) is 27.3 Å². The van der Waals surface area contributed by atoms with E-state index < -0.39 is 18.3 Å². The molecule has 204 valence electrons. The normalized spacial score (nSPS) is 18.4. The number of amides is 2. The van der Waals surface area contributed by atoms with E-state index in [1.165, 1.54) is 22.3 Å². The number of ether oxygens (including phenoxy) is 1. The minimum absolute atomic E-state index is 0.169. The Kier molecular flexibility index (Phi) is 8.15. The average molecular weight is 553 g/mol. The Morgan fingerprint density at radius 1 is 1.08 bits per heavy atom. The molecule has 0 saturated carbocycles. The zero-order valence-corrected chi connectivity index (χ0v) is 22.5. The molecule has 2 aliphatic heterocycles. The summed E-state index contributed by atoms with van der Waals surface area (Å²) in [5.74, 6) is -4.27. The number of carbonyl (C=O) groups excluding carboxylic acids is 2. The van der Waals surface area contributed by atoms with Crippen molar-refractivity contribution in [3.63, 3.8) is 0 Å². The highest BCUT2D eigenvalue weighted by Crippen LogP contribution is 2.43. The Morgan fingerprint density at radius 2 is 1.79 bits per heavy atom. The van der Waals surface area contributed by atoms with Crippen molar-refractivity contribution in [2.24, 2.45) is 0 Å². The molecule has 2 amide bonds. The number of hydrogen-bond donors (Lipinski definition) is 1. The van der Waals surface area contributed by atoms with Gasteiger partial charge in [0.25, 0.3) is 11.8 Å². The monoisotopic (exact) mass is 552 g/mol. The number of aryl methyl sites for hydroxylation is 1. The molecular formula is C29H30F2N4O3S. The topological polar surface area (TPSA) is 74.8 Å². The highest BCUT2D eigenvalue weighted by Gasteiger charge is 2.41. The van der Waals surface area contributed by atoms with Crippen molar-refractivity contribution in [2.45, 2.75) is 19.3 Å². The van der Waals surface area contributed by atoms with Crippen LogP contribution >= 0.6 is 11.3 Å². The van der Waals surface area contributed by atoms with Gasteiger partial charge in [0.05, 0.1) is 24.6 Å². The van der Waals surface area contributed by atoms with Gasteiger partial charge in [0.15, 0.2) is 0 Å². The molecule has 1 aromatic heterocycles. The number of fused-ring (bicyclic) bond motifs is 1. The fourth-order valence-corrected chi connectivity index (χ4v) is 5.82. The Labute approximate surface area is 230 Å². The van der Waals surface area contributed by atoms with Gasteiger partial charge in [0, 0.05) is 61.9 Å². The van der Waals surface area contributed by atoms with Crippen LogP contribution in [0.25, 0.3) is 16.1 Å². The van der Waals surface area contributed by atoms with E-state index in [9.17, 15) is 9.59 Å². The average Bonchev–Trinajstić information content (AvgIpc) is 3.30. The summed E-state index contributed by atoms with van der Waals surface area (Å²) in [4.78, 5) is 35.0. The molecule has 0 atom stereocenters. The molecule has 3 heterocycles. The van der Waals surface area contributed by atoms with Crippen LogP contribution in [0.2, 0.25) is 0 Å². The number of morpholine rings is 1. The van der Waals surface area contributed by atoms with Crippen molar-refractivity contribution < 1.29 is 23.1 Å². The lowest BCUT2D eigenvalue weighted by molar-refractivity contribution is -0.116. The Hall–Kier alpha value is -3.47. The number of anilines is 1. The van der Waals surface area contributed by atoms with Gasteiger partial charge in [-0.15, -0.1) is 11.3 Å². The lowest BCUT2D eigenvalue weighted by Gasteiger charge is -2.26. The molecular weight excluding hydrogens is 522 g/mol. The molecule has 7 nitrogen and oxygen atoms in total. The molecule has 2 aliphatic rings. The number of allylic oxidation sites excluding steroid dienone is 1. The van der Waals surface area contributed by atoms with E-state index in [4.69, 9.17) is 4.74 Å². The fourth-order valence-electron chi connectivity index (χ4n) is 4.80. The van der Waals surface area contributed by atoms with Crippen LogP contribution in [-0.2, 0) is 9.53 Å². The number of thiazole rings is 1. The minimum atomic E-state index is -3.30. The molecule has 0 radical (unpaired) electrons. The van der Waals surface area contributed by atoms with E-state index in [1.54, 1.807) is 25.1 Å². The van der Waals surface area contributed by atoms with E-state index in [2.05, 4.69) is 15.2 Å². The van der Waals surface area contributed by atoms with Crippen LogP contribution < -0.4 is 10.2 Å². The molecule has 1 N–H and O–H groups in total. The van der Waals surface area contributed by atoms with E-state index in [1.807, 2.05) is 30.3 Å². The summed E-state index contributed by atoms with van der Waals surface area (Å²) in [5.41, 5.74) is 1.57. The van der Waals surface area contributed by atoms with Crippen molar-refractivity contribution in [3.8, 4) is 10.6 Å². The summed E-state index contributed by atoms with van der Waals surface area (Å²) in [6.45, 7) is 5.35. The van der Waals surface area contributed by atoms with Crippen molar-refractivity contribution in [1.82, 2.24) is 15.2 Å². The fraction of sp³-hybridized carbons (Fsp3) is 0.345. The van der Waals surface area contributed by atoms with Crippen LogP contribution in [-0.4, -0.2) is 73.6 Å². The standard InChI is InChI=1S/C29H30F2N4O3S/c1-20-26(39-27(33-20)21-7-3-2-4-8-21)28(37)35-13-11-29(30,31)23(22-9-5-6-10-24(22)35)19-25(36)32-12-14-34-15-17-38-18-16-34/h2-10,19H,11-18H2,1H3,(H,32,36)/b23-19-. The number of benzene rings is 2. The van der Waals surface area contributed by atoms with Gasteiger partial charge in [-0.1, -0.05) is 48.5 Å². The number of rotatable bonds is 6. The number of para-hydroxylation sites is 1. The first-order chi connectivity index (χ1) is 18.8. The molecule has 0 unspecified atom stereocenters. The van der Waals surface area contributed by atoms with Crippen LogP contribution in [0.4, 0.5) is 14.5 Å². The predicted octanol–water partition coefficient (Wildman–Crippen LogP) is 4.64. The van der Waals surface area contributed by atoms with E-state index in [0.29, 0.717) is 47.6 Å². The van der Waals surface area contributed by atoms with Gasteiger partial charge in [0.2, 0.25) is 5.91 Å². The van der Waals surface area contributed by atoms with Crippen molar-refractivity contribution in [2.75, 3.05) is 50.8 Å². The van der Waals surface area contributed by atoms with Crippen LogP contribution in [0.15, 0.2) is 60.7 Å². The van der Waals surface area contributed by atoms with Gasteiger partial charge in [-0.25, -0.2) is 13.8 Å². The van der Waals surface area contributed by atoms with Gasteiger partial charge in [0.1, 0.15) is 9.88 Å². The Morgan fingerprint density at radius 3 is 2.56 bits per heavy atom. The van der Waals surface area contributed by atoms with Crippen LogP contribution in [0.3, 0.4) is 0 Å². The summed E-state index contributed by atoms with van der Waals surface area (Å²) in [6, 6.07) is 16.1. The molecule has 1 fully saturated rings. The first-order valence-corrected chi connectivity index (χ1v) is 13.8. The summed E-state index contributed by atoms with van der Waals surface area (Å²) >= 11 is 1.25. The molecule has 39 heavy (non-hydrogen) atoms. The number of hydrogen-bond acceptors (Lipinski definition) is 6. The first-order valence-electron chi connectivity index (χ1n) is 13.0. The molecule has 3 aromatic rings. The van der Waals surface area contributed by atoms with Crippen molar-refractivity contribution in [1.29, 1.82) is 0 Å². The number of halogens is 2. The maximum Gasteiger partial charge on any atom is 0.275 e. The molecule has 2 aromatic carbocycles. The van der Waals surface area contributed by atoms with Crippen LogP contribution in [0.5, 0.6) is 0 Å². The van der Waals surface area contributed by atoms with Crippen molar-refractivity contribution in [3.05, 3.63) is 76.8 Å². The molecule has 0 bridgehead atoms. The SMILES string of the molecule is Cc1nc(-c2ccccc2)sc1C(=O)N1CCC(F)(F)/C(=C\C(=O)NCCN2CCOCC2)c2ccccc21. The van der Waals surface area contributed by atoms with Gasteiger partial charge in [-0.3, -0.25) is 14.5 Å². The third-order valence-corrected chi connectivity index (χ3v) is 8.09. The van der Waals surface area contributed by atoms with E-state index in [0.717, 1.165) is 24.7 Å².